The maximum absolute atomic E-state index is 12.3. The van der Waals surface area contributed by atoms with Crippen molar-refractivity contribution in [3.8, 4) is 11.3 Å². The number of nitrogens with one attached hydrogen (secondary N) is 1. The lowest BCUT2D eigenvalue weighted by molar-refractivity contribution is 0.101. The van der Waals surface area contributed by atoms with Gasteiger partial charge in [-0.15, -0.1) is 0 Å². The van der Waals surface area contributed by atoms with Crippen molar-refractivity contribution in [1.82, 2.24) is 4.68 Å². The Balaban J connectivity index is 1.93. The number of benzene rings is 2. The Morgan fingerprint density at radius 2 is 1.48 bits per heavy atom. The Labute approximate surface area is 123 Å². The van der Waals surface area contributed by atoms with E-state index in [1.165, 1.54) is 0 Å². The minimum Gasteiger partial charge on any atom is -0.267 e. The van der Waals surface area contributed by atoms with E-state index in [9.17, 15) is 4.79 Å². The quantitative estimate of drug-likeness (QED) is 0.774. The summed E-state index contributed by atoms with van der Waals surface area (Å²) in [5.41, 5.74) is 6.62. The number of hydrogen-bond acceptors (Lipinski definition) is 1. The van der Waals surface area contributed by atoms with Crippen LogP contribution in [0.2, 0.25) is 0 Å². The minimum absolute atomic E-state index is 0.118. The van der Waals surface area contributed by atoms with Crippen LogP contribution in [-0.2, 0) is 0 Å². The molecule has 0 saturated carbocycles. The van der Waals surface area contributed by atoms with E-state index in [2.05, 4.69) is 5.43 Å². The second-order valence-electron chi connectivity index (χ2n) is 4.87. The Bertz CT molecular complexity index is 745. The Hall–Kier alpha value is -2.81. The van der Waals surface area contributed by atoms with Gasteiger partial charge in [0.05, 0.1) is 5.69 Å². The minimum atomic E-state index is -0.118. The highest BCUT2D eigenvalue weighted by Gasteiger charge is 2.11. The normalized spacial score (nSPS) is 10.3. The van der Waals surface area contributed by atoms with E-state index in [-0.39, 0.29) is 5.91 Å². The standard InChI is InChI=1S/C18H16N2O/c1-14-12-13-17(15-8-4-2-5-9-15)20(14)19-18(21)16-10-6-3-7-11-16/h2-13H,1H3,(H,19,21). The fraction of sp³-hybridized carbons (Fsp3) is 0.0556. The topological polar surface area (TPSA) is 34.0 Å². The molecular weight excluding hydrogens is 260 g/mol. The highest BCUT2D eigenvalue weighted by Crippen LogP contribution is 2.21. The van der Waals surface area contributed by atoms with Crippen LogP contribution in [0.5, 0.6) is 0 Å². The van der Waals surface area contributed by atoms with Gasteiger partial charge in [-0.2, -0.15) is 0 Å². The van der Waals surface area contributed by atoms with E-state index in [4.69, 9.17) is 0 Å². The van der Waals surface area contributed by atoms with Crippen LogP contribution in [0.3, 0.4) is 0 Å². The number of nitrogens with zero attached hydrogens (tertiary/aromatic N) is 1. The molecule has 21 heavy (non-hydrogen) atoms. The zero-order valence-corrected chi connectivity index (χ0v) is 11.8. The number of amides is 1. The summed E-state index contributed by atoms with van der Waals surface area (Å²) in [6.45, 7) is 1.97. The number of aryl methyl sites for hydroxylation is 1. The van der Waals surface area contributed by atoms with Crippen molar-refractivity contribution >= 4 is 5.91 Å². The maximum Gasteiger partial charge on any atom is 0.270 e. The van der Waals surface area contributed by atoms with Gasteiger partial charge in [0.2, 0.25) is 0 Å². The first-order valence-electron chi connectivity index (χ1n) is 6.86. The molecule has 0 aliphatic rings. The van der Waals surface area contributed by atoms with Crippen LogP contribution in [0.1, 0.15) is 16.1 Å². The third kappa shape index (κ3) is 2.72. The summed E-state index contributed by atoms with van der Waals surface area (Å²) < 4.78 is 1.82. The first-order valence-corrected chi connectivity index (χ1v) is 6.86. The van der Waals surface area contributed by atoms with Crippen LogP contribution < -0.4 is 5.43 Å². The third-order valence-corrected chi connectivity index (χ3v) is 3.39. The van der Waals surface area contributed by atoms with E-state index in [1.54, 1.807) is 12.1 Å². The van der Waals surface area contributed by atoms with Gasteiger partial charge in [0.15, 0.2) is 0 Å². The summed E-state index contributed by atoms with van der Waals surface area (Å²) >= 11 is 0. The SMILES string of the molecule is Cc1ccc(-c2ccccc2)n1NC(=O)c1ccccc1. The van der Waals surface area contributed by atoms with Crippen molar-refractivity contribution in [3.05, 3.63) is 84.1 Å². The van der Waals surface area contributed by atoms with Gasteiger partial charge in [-0.1, -0.05) is 48.5 Å². The molecule has 104 valence electrons. The molecule has 0 spiro atoms. The smallest absolute Gasteiger partial charge is 0.267 e. The largest absolute Gasteiger partial charge is 0.270 e. The molecule has 0 bridgehead atoms. The van der Waals surface area contributed by atoms with Gasteiger partial charge >= 0.3 is 0 Å². The monoisotopic (exact) mass is 276 g/mol. The zero-order chi connectivity index (χ0) is 14.7. The Morgan fingerprint density at radius 1 is 0.857 bits per heavy atom. The molecule has 0 saturated heterocycles. The average molecular weight is 276 g/mol. The number of carbonyl (C=O) groups excluding carboxylic acids is 1. The van der Waals surface area contributed by atoms with Gasteiger partial charge in [0.1, 0.15) is 0 Å². The Kier molecular flexibility index (Phi) is 3.56. The first-order chi connectivity index (χ1) is 10.3. The summed E-state index contributed by atoms with van der Waals surface area (Å²) in [6.07, 6.45) is 0. The number of rotatable bonds is 3. The molecule has 3 nitrogen and oxygen atoms in total. The van der Waals surface area contributed by atoms with Crippen molar-refractivity contribution in [2.75, 3.05) is 5.43 Å². The molecule has 0 aliphatic heterocycles. The molecule has 0 fully saturated rings. The van der Waals surface area contributed by atoms with Crippen LogP contribution in [0.15, 0.2) is 72.8 Å². The molecule has 1 aromatic heterocycles. The predicted molar refractivity (Wildman–Crippen MR) is 84.7 cm³/mol. The molecule has 3 rings (SSSR count). The summed E-state index contributed by atoms with van der Waals surface area (Å²) in [6, 6.07) is 23.2. The third-order valence-electron chi connectivity index (χ3n) is 3.39. The average Bonchev–Trinajstić information content (AvgIpc) is 2.90. The van der Waals surface area contributed by atoms with Crippen molar-refractivity contribution in [1.29, 1.82) is 0 Å². The first kappa shape index (κ1) is 13.2. The van der Waals surface area contributed by atoms with Gasteiger partial charge in [0, 0.05) is 16.8 Å². The lowest BCUT2D eigenvalue weighted by Crippen LogP contribution is -2.24. The van der Waals surface area contributed by atoms with Gasteiger partial charge in [0.25, 0.3) is 5.91 Å². The summed E-state index contributed by atoms with van der Waals surface area (Å²) in [7, 11) is 0. The molecule has 2 aromatic carbocycles. The van der Waals surface area contributed by atoms with E-state index in [0.717, 1.165) is 17.0 Å². The fourth-order valence-electron chi connectivity index (χ4n) is 2.28. The summed E-state index contributed by atoms with van der Waals surface area (Å²) in [4.78, 5) is 12.3. The van der Waals surface area contributed by atoms with Crippen molar-refractivity contribution in [3.63, 3.8) is 0 Å². The van der Waals surface area contributed by atoms with Crippen molar-refractivity contribution < 1.29 is 4.79 Å². The lowest BCUT2D eigenvalue weighted by atomic mass is 10.2. The van der Waals surface area contributed by atoms with E-state index in [1.807, 2.05) is 72.3 Å². The van der Waals surface area contributed by atoms with Crippen LogP contribution in [0, 0.1) is 6.92 Å². The van der Waals surface area contributed by atoms with Crippen LogP contribution >= 0.6 is 0 Å². The molecule has 0 radical (unpaired) electrons. The van der Waals surface area contributed by atoms with Gasteiger partial charge in [-0.05, 0) is 31.2 Å². The van der Waals surface area contributed by atoms with E-state index >= 15 is 0 Å². The second-order valence-corrected chi connectivity index (χ2v) is 4.87. The molecule has 0 atom stereocenters. The van der Waals surface area contributed by atoms with E-state index < -0.39 is 0 Å². The molecule has 1 heterocycles. The van der Waals surface area contributed by atoms with Gasteiger partial charge < -0.3 is 0 Å². The zero-order valence-electron chi connectivity index (χ0n) is 11.8. The highest BCUT2D eigenvalue weighted by atomic mass is 16.2. The van der Waals surface area contributed by atoms with Crippen molar-refractivity contribution in [2.24, 2.45) is 0 Å². The highest BCUT2D eigenvalue weighted by molar-refractivity contribution is 6.00. The van der Waals surface area contributed by atoms with Crippen LogP contribution in [-0.4, -0.2) is 10.6 Å². The molecule has 3 aromatic rings. The van der Waals surface area contributed by atoms with E-state index in [0.29, 0.717) is 5.56 Å². The number of hydrogen-bond donors (Lipinski definition) is 1. The van der Waals surface area contributed by atoms with Crippen LogP contribution in [0.25, 0.3) is 11.3 Å². The number of aromatic nitrogens is 1. The fourth-order valence-corrected chi connectivity index (χ4v) is 2.28. The number of carbonyl (C=O) groups is 1. The molecular formula is C18H16N2O. The molecule has 0 aliphatic carbocycles. The predicted octanol–water partition coefficient (Wildman–Crippen LogP) is 3.85. The molecule has 0 unspecified atom stereocenters. The molecule has 1 amide bonds. The lowest BCUT2D eigenvalue weighted by Gasteiger charge is -2.13. The maximum atomic E-state index is 12.3. The van der Waals surface area contributed by atoms with Gasteiger partial charge in [-0.3, -0.25) is 14.9 Å². The summed E-state index contributed by atoms with van der Waals surface area (Å²) in [5.74, 6) is -0.118. The van der Waals surface area contributed by atoms with Crippen molar-refractivity contribution in [2.45, 2.75) is 6.92 Å². The Morgan fingerprint density at radius 3 is 2.14 bits per heavy atom. The van der Waals surface area contributed by atoms with Gasteiger partial charge in [-0.25, -0.2) is 0 Å². The molecule has 3 heteroatoms. The van der Waals surface area contributed by atoms with Crippen LogP contribution in [0.4, 0.5) is 0 Å². The summed E-state index contributed by atoms with van der Waals surface area (Å²) in [5, 5.41) is 0. The molecule has 1 N–H and O–H groups in total. The second kappa shape index (κ2) is 5.67.